The molecule has 5 heteroatoms. The van der Waals surface area contributed by atoms with Crippen molar-refractivity contribution in [1.29, 1.82) is 0 Å². The number of hydrogen-bond acceptors (Lipinski definition) is 3. The number of ether oxygens (including phenoxy) is 1. The van der Waals surface area contributed by atoms with Gasteiger partial charge in [0.15, 0.2) is 0 Å². The number of amides is 1. The van der Waals surface area contributed by atoms with Gasteiger partial charge in [0.2, 0.25) is 5.91 Å². The van der Waals surface area contributed by atoms with Crippen molar-refractivity contribution in [3.05, 3.63) is 34.9 Å². The quantitative estimate of drug-likeness (QED) is 0.783. The molecule has 21 heavy (non-hydrogen) atoms. The predicted octanol–water partition coefficient (Wildman–Crippen LogP) is 3.42. The first-order valence-corrected chi connectivity index (χ1v) is 7.25. The standard InChI is InChI=1S/C16H22ClNO3/c1-16(2,3)21-15(20)9-8-14(19)18(4)11-12-6-5-7-13(17)10-12/h5-7,10H,8-9,11H2,1-4H3. The first-order valence-electron chi connectivity index (χ1n) is 6.87. The van der Waals surface area contributed by atoms with Crippen LogP contribution in [0.3, 0.4) is 0 Å². The third-order valence-corrected chi connectivity index (χ3v) is 2.93. The van der Waals surface area contributed by atoms with Crippen LogP contribution in [0.4, 0.5) is 0 Å². The van der Waals surface area contributed by atoms with Gasteiger partial charge in [-0.15, -0.1) is 0 Å². The fourth-order valence-corrected chi connectivity index (χ4v) is 2.00. The topological polar surface area (TPSA) is 46.6 Å². The van der Waals surface area contributed by atoms with Crippen molar-refractivity contribution in [2.75, 3.05) is 7.05 Å². The Morgan fingerprint density at radius 1 is 1.24 bits per heavy atom. The molecule has 0 aliphatic rings. The summed E-state index contributed by atoms with van der Waals surface area (Å²) >= 11 is 5.91. The summed E-state index contributed by atoms with van der Waals surface area (Å²) < 4.78 is 5.17. The fraction of sp³-hybridized carbons (Fsp3) is 0.500. The van der Waals surface area contributed by atoms with Crippen molar-refractivity contribution in [3.63, 3.8) is 0 Å². The molecule has 1 rings (SSSR count). The largest absolute Gasteiger partial charge is 0.460 e. The minimum absolute atomic E-state index is 0.0932. The number of carbonyl (C=O) groups excluding carboxylic acids is 2. The van der Waals surface area contributed by atoms with Crippen LogP contribution < -0.4 is 0 Å². The molecule has 0 radical (unpaired) electrons. The van der Waals surface area contributed by atoms with Crippen molar-refractivity contribution in [2.45, 2.75) is 45.8 Å². The molecule has 0 aromatic heterocycles. The van der Waals surface area contributed by atoms with Crippen LogP contribution in [0.2, 0.25) is 5.02 Å². The van der Waals surface area contributed by atoms with E-state index in [1.807, 2.05) is 18.2 Å². The molecule has 0 heterocycles. The number of carbonyl (C=O) groups is 2. The highest BCUT2D eigenvalue weighted by molar-refractivity contribution is 6.30. The van der Waals surface area contributed by atoms with Gasteiger partial charge in [0, 0.05) is 25.0 Å². The Balaban J connectivity index is 2.43. The lowest BCUT2D eigenvalue weighted by molar-refractivity contribution is -0.156. The Morgan fingerprint density at radius 2 is 1.90 bits per heavy atom. The molecule has 0 aliphatic carbocycles. The Bertz CT molecular complexity index is 508. The summed E-state index contributed by atoms with van der Waals surface area (Å²) in [6.07, 6.45) is 0.238. The Hall–Kier alpha value is -1.55. The Morgan fingerprint density at radius 3 is 2.48 bits per heavy atom. The van der Waals surface area contributed by atoms with Crippen LogP contribution in [0.1, 0.15) is 39.2 Å². The number of rotatable bonds is 5. The van der Waals surface area contributed by atoms with Gasteiger partial charge in [-0.05, 0) is 38.5 Å². The average molecular weight is 312 g/mol. The molecule has 0 saturated heterocycles. The van der Waals surface area contributed by atoms with Gasteiger partial charge >= 0.3 is 5.97 Å². The highest BCUT2D eigenvalue weighted by atomic mass is 35.5. The van der Waals surface area contributed by atoms with Crippen molar-refractivity contribution in [1.82, 2.24) is 4.90 Å². The SMILES string of the molecule is CN(Cc1cccc(Cl)c1)C(=O)CCC(=O)OC(C)(C)C. The molecule has 0 unspecified atom stereocenters. The van der Waals surface area contributed by atoms with Gasteiger partial charge in [-0.3, -0.25) is 9.59 Å². The van der Waals surface area contributed by atoms with E-state index in [0.717, 1.165) is 5.56 Å². The molecule has 0 spiro atoms. The molecule has 1 amide bonds. The number of hydrogen-bond donors (Lipinski definition) is 0. The number of halogens is 1. The average Bonchev–Trinajstić information content (AvgIpc) is 2.33. The van der Waals surface area contributed by atoms with E-state index in [9.17, 15) is 9.59 Å². The second kappa shape index (κ2) is 7.46. The highest BCUT2D eigenvalue weighted by Crippen LogP contribution is 2.13. The molecule has 0 saturated carbocycles. The maximum Gasteiger partial charge on any atom is 0.306 e. The first kappa shape index (κ1) is 17.5. The fourth-order valence-electron chi connectivity index (χ4n) is 1.79. The number of esters is 1. The van der Waals surface area contributed by atoms with E-state index >= 15 is 0 Å². The van der Waals surface area contributed by atoms with Crippen molar-refractivity contribution in [2.24, 2.45) is 0 Å². The summed E-state index contributed by atoms with van der Waals surface area (Å²) in [6, 6.07) is 7.36. The monoisotopic (exact) mass is 311 g/mol. The van der Waals surface area contributed by atoms with Crippen LogP contribution >= 0.6 is 11.6 Å². The molecule has 4 nitrogen and oxygen atoms in total. The zero-order valence-electron chi connectivity index (χ0n) is 13.0. The third kappa shape index (κ3) is 7.14. The van der Waals surface area contributed by atoms with Crippen LogP contribution in [0.15, 0.2) is 24.3 Å². The van der Waals surface area contributed by atoms with Gasteiger partial charge in [0.1, 0.15) is 5.60 Å². The van der Waals surface area contributed by atoms with Crippen LogP contribution in [0, 0.1) is 0 Å². The van der Waals surface area contributed by atoms with E-state index in [1.54, 1.807) is 38.8 Å². The first-order chi connectivity index (χ1) is 9.67. The second-order valence-electron chi connectivity index (χ2n) is 5.97. The number of benzene rings is 1. The van der Waals surface area contributed by atoms with Crippen LogP contribution in [0.5, 0.6) is 0 Å². The summed E-state index contributed by atoms with van der Waals surface area (Å²) in [5.41, 5.74) is 0.433. The van der Waals surface area contributed by atoms with Gasteiger partial charge in [0.05, 0.1) is 6.42 Å². The maximum absolute atomic E-state index is 12.0. The lowest BCUT2D eigenvalue weighted by Crippen LogP contribution is -2.28. The lowest BCUT2D eigenvalue weighted by atomic mass is 10.2. The van der Waals surface area contributed by atoms with Crippen molar-refractivity contribution < 1.29 is 14.3 Å². The lowest BCUT2D eigenvalue weighted by Gasteiger charge is -2.20. The molecular weight excluding hydrogens is 290 g/mol. The minimum atomic E-state index is -0.521. The van der Waals surface area contributed by atoms with Gasteiger partial charge < -0.3 is 9.64 Å². The molecule has 0 fully saturated rings. The van der Waals surface area contributed by atoms with Crippen LogP contribution in [0.25, 0.3) is 0 Å². The Labute approximate surface area is 131 Å². The second-order valence-corrected chi connectivity index (χ2v) is 6.40. The van der Waals surface area contributed by atoms with E-state index in [0.29, 0.717) is 11.6 Å². The zero-order chi connectivity index (χ0) is 16.0. The van der Waals surface area contributed by atoms with E-state index in [2.05, 4.69) is 0 Å². The summed E-state index contributed by atoms with van der Waals surface area (Å²) in [4.78, 5) is 25.1. The molecule has 116 valence electrons. The van der Waals surface area contributed by atoms with Gasteiger partial charge in [0.25, 0.3) is 0 Å². The van der Waals surface area contributed by atoms with Crippen molar-refractivity contribution >= 4 is 23.5 Å². The van der Waals surface area contributed by atoms with E-state index in [-0.39, 0.29) is 24.7 Å². The summed E-state index contributed by atoms with van der Waals surface area (Å²) in [5, 5.41) is 0.641. The van der Waals surface area contributed by atoms with Gasteiger partial charge in [-0.2, -0.15) is 0 Å². The summed E-state index contributed by atoms with van der Waals surface area (Å²) in [7, 11) is 1.71. The van der Waals surface area contributed by atoms with Gasteiger partial charge in [-0.1, -0.05) is 23.7 Å². The molecule has 0 bridgehead atoms. The predicted molar refractivity (Wildman–Crippen MR) is 83.0 cm³/mol. The smallest absolute Gasteiger partial charge is 0.306 e. The molecular formula is C16H22ClNO3. The highest BCUT2D eigenvalue weighted by Gasteiger charge is 2.18. The zero-order valence-corrected chi connectivity index (χ0v) is 13.7. The maximum atomic E-state index is 12.0. The summed E-state index contributed by atoms with van der Waals surface area (Å²) in [5.74, 6) is -0.451. The molecule has 1 aromatic rings. The van der Waals surface area contributed by atoms with Crippen LogP contribution in [-0.2, 0) is 20.9 Å². The minimum Gasteiger partial charge on any atom is -0.460 e. The van der Waals surface area contributed by atoms with Gasteiger partial charge in [-0.25, -0.2) is 0 Å². The van der Waals surface area contributed by atoms with E-state index in [4.69, 9.17) is 16.3 Å². The third-order valence-electron chi connectivity index (χ3n) is 2.70. The molecule has 0 atom stereocenters. The Kier molecular flexibility index (Phi) is 6.21. The van der Waals surface area contributed by atoms with Crippen LogP contribution in [-0.4, -0.2) is 29.4 Å². The molecule has 0 N–H and O–H groups in total. The van der Waals surface area contributed by atoms with E-state index < -0.39 is 5.60 Å². The van der Waals surface area contributed by atoms with Crippen molar-refractivity contribution in [3.8, 4) is 0 Å². The number of nitrogens with zero attached hydrogens (tertiary/aromatic N) is 1. The summed E-state index contributed by atoms with van der Waals surface area (Å²) in [6.45, 7) is 5.88. The normalized spacial score (nSPS) is 11.1. The molecule has 1 aromatic carbocycles. The van der Waals surface area contributed by atoms with E-state index in [1.165, 1.54) is 0 Å². The molecule has 0 aliphatic heterocycles.